The summed E-state index contributed by atoms with van der Waals surface area (Å²) in [6, 6.07) is 11.4. The molecular weight excluding hydrogens is 310 g/mol. The van der Waals surface area contributed by atoms with Gasteiger partial charge in [0.1, 0.15) is 17.0 Å². The molecule has 0 spiro atoms. The zero-order valence-electron chi connectivity index (χ0n) is 12.6. The Morgan fingerprint density at radius 3 is 2.79 bits per heavy atom. The van der Waals surface area contributed by atoms with Gasteiger partial charge < -0.3 is 9.40 Å². The molecule has 0 unspecified atom stereocenters. The molecule has 0 aliphatic heterocycles. The average Bonchev–Trinajstić information content (AvgIpc) is 2.96. The average molecular weight is 321 g/mol. The highest BCUT2D eigenvalue weighted by molar-refractivity contribution is 5.85. The summed E-state index contributed by atoms with van der Waals surface area (Å²) in [5.74, 6) is 0.373. The molecule has 2 aromatic carbocycles. The van der Waals surface area contributed by atoms with E-state index in [1.165, 1.54) is 18.2 Å². The Hall–Kier alpha value is -3.48. The number of fused-ring (bicyclic) bond motifs is 2. The van der Waals surface area contributed by atoms with Crippen LogP contribution in [0.25, 0.3) is 33.4 Å². The van der Waals surface area contributed by atoms with Gasteiger partial charge in [-0.1, -0.05) is 6.07 Å². The smallest absolute Gasteiger partial charge is 0.347 e. The van der Waals surface area contributed by atoms with Crippen molar-refractivity contribution in [3.63, 3.8) is 0 Å². The summed E-state index contributed by atoms with van der Waals surface area (Å²) in [5, 5.41) is 11.4. The Bertz CT molecular complexity index is 1170. The van der Waals surface area contributed by atoms with E-state index in [9.17, 15) is 14.9 Å². The topological polar surface area (TPSA) is 102 Å². The summed E-state index contributed by atoms with van der Waals surface area (Å²) in [6.07, 6.45) is 0. The van der Waals surface area contributed by atoms with Crippen LogP contribution in [0.2, 0.25) is 0 Å². The molecule has 7 nitrogen and oxygen atoms in total. The second kappa shape index (κ2) is 5.02. The molecule has 0 aliphatic rings. The van der Waals surface area contributed by atoms with Crippen molar-refractivity contribution in [1.29, 1.82) is 0 Å². The second-order valence-corrected chi connectivity index (χ2v) is 5.53. The maximum atomic E-state index is 12.2. The van der Waals surface area contributed by atoms with E-state index in [2.05, 4.69) is 9.97 Å². The Balaban J connectivity index is 1.95. The van der Waals surface area contributed by atoms with Gasteiger partial charge in [-0.15, -0.1) is 0 Å². The summed E-state index contributed by atoms with van der Waals surface area (Å²) >= 11 is 0. The van der Waals surface area contributed by atoms with Crippen LogP contribution in [0.15, 0.2) is 51.7 Å². The van der Waals surface area contributed by atoms with Gasteiger partial charge in [0.05, 0.1) is 16.0 Å². The van der Waals surface area contributed by atoms with Crippen molar-refractivity contribution in [1.82, 2.24) is 9.97 Å². The molecule has 7 heteroatoms. The first kappa shape index (κ1) is 14.1. The number of nitro benzene ring substituents is 1. The van der Waals surface area contributed by atoms with E-state index in [4.69, 9.17) is 4.42 Å². The third-order valence-corrected chi connectivity index (χ3v) is 3.82. The van der Waals surface area contributed by atoms with E-state index in [0.29, 0.717) is 16.8 Å². The number of aromatic amines is 1. The fraction of sp³-hybridized carbons (Fsp3) is 0.0588. The molecule has 0 saturated heterocycles. The normalized spacial score (nSPS) is 11.2. The minimum absolute atomic E-state index is 0.0671. The zero-order valence-corrected chi connectivity index (χ0v) is 12.6. The zero-order chi connectivity index (χ0) is 16.8. The molecule has 2 heterocycles. The molecule has 1 N–H and O–H groups in total. The standard InChI is InChI=1S/C17H11N3O4/c1-9-2-4-13-14(6-9)19-16(18-13)12-8-10-7-11(20(22)23)3-5-15(10)24-17(12)21/h2-8H,1H3,(H,18,19). The molecular formula is C17H11N3O4. The first-order valence-electron chi connectivity index (χ1n) is 7.20. The lowest BCUT2D eigenvalue weighted by atomic mass is 10.1. The number of benzene rings is 2. The van der Waals surface area contributed by atoms with E-state index in [1.807, 2.05) is 25.1 Å². The summed E-state index contributed by atoms with van der Waals surface area (Å²) < 4.78 is 5.26. The second-order valence-electron chi connectivity index (χ2n) is 5.53. The number of nitro groups is 1. The van der Waals surface area contributed by atoms with Crippen molar-refractivity contribution in [3.8, 4) is 11.4 Å². The van der Waals surface area contributed by atoms with Gasteiger partial charge in [0.2, 0.25) is 0 Å². The van der Waals surface area contributed by atoms with E-state index in [1.54, 1.807) is 6.07 Å². The number of non-ortho nitro benzene ring substituents is 1. The first-order chi connectivity index (χ1) is 11.5. The van der Waals surface area contributed by atoms with Crippen LogP contribution in [-0.2, 0) is 0 Å². The van der Waals surface area contributed by atoms with E-state index in [0.717, 1.165) is 16.6 Å². The van der Waals surface area contributed by atoms with Gasteiger partial charge in [0, 0.05) is 17.5 Å². The van der Waals surface area contributed by atoms with E-state index >= 15 is 0 Å². The summed E-state index contributed by atoms with van der Waals surface area (Å²) in [7, 11) is 0. The predicted octanol–water partition coefficient (Wildman–Crippen LogP) is 3.55. The highest BCUT2D eigenvalue weighted by atomic mass is 16.6. The highest BCUT2D eigenvalue weighted by Gasteiger charge is 2.14. The molecule has 118 valence electrons. The Kier molecular flexibility index (Phi) is 2.96. The summed E-state index contributed by atoms with van der Waals surface area (Å²) in [4.78, 5) is 30.1. The van der Waals surface area contributed by atoms with Crippen molar-refractivity contribution >= 4 is 27.7 Å². The third-order valence-electron chi connectivity index (χ3n) is 3.82. The SMILES string of the molecule is Cc1ccc2nc(-c3cc4cc([N+](=O)[O-])ccc4oc3=O)[nH]c2c1. The molecule has 0 atom stereocenters. The molecule has 2 aromatic heterocycles. The molecule has 4 rings (SSSR count). The van der Waals surface area contributed by atoms with Gasteiger partial charge in [-0.05, 0) is 36.8 Å². The van der Waals surface area contributed by atoms with Gasteiger partial charge in [0.15, 0.2) is 0 Å². The van der Waals surface area contributed by atoms with Crippen molar-refractivity contribution in [2.24, 2.45) is 0 Å². The molecule has 0 saturated carbocycles. The predicted molar refractivity (Wildman–Crippen MR) is 89.0 cm³/mol. The number of H-pyrrole nitrogens is 1. The number of imidazole rings is 1. The lowest BCUT2D eigenvalue weighted by Crippen LogP contribution is -2.03. The monoisotopic (exact) mass is 321 g/mol. The molecule has 24 heavy (non-hydrogen) atoms. The number of nitrogens with one attached hydrogen (secondary N) is 1. The van der Waals surface area contributed by atoms with Crippen molar-refractivity contribution < 1.29 is 9.34 Å². The van der Waals surface area contributed by atoms with Crippen LogP contribution in [0, 0.1) is 17.0 Å². The Labute approximate surface area is 134 Å². The fourth-order valence-electron chi connectivity index (χ4n) is 2.64. The minimum Gasteiger partial charge on any atom is -0.422 e. The molecule has 0 aliphatic carbocycles. The number of hydrogen-bond donors (Lipinski definition) is 1. The Morgan fingerprint density at radius 1 is 1.17 bits per heavy atom. The molecule has 4 aromatic rings. The maximum absolute atomic E-state index is 12.2. The van der Waals surface area contributed by atoms with E-state index in [-0.39, 0.29) is 11.3 Å². The molecule has 0 amide bonds. The number of rotatable bonds is 2. The molecule has 0 radical (unpaired) electrons. The van der Waals surface area contributed by atoms with Gasteiger partial charge >= 0.3 is 5.63 Å². The van der Waals surface area contributed by atoms with E-state index < -0.39 is 10.5 Å². The lowest BCUT2D eigenvalue weighted by molar-refractivity contribution is -0.384. The summed E-state index contributed by atoms with van der Waals surface area (Å²) in [5.41, 5.74) is 2.52. The van der Waals surface area contributed by atoms with Crippen molar-refractivity contribution in [2.45, 2.75) is 6.92 Å². The van der Waals surface area contributed by atoms with Crippen LogP contribution < -0.4 is 5.63 Å². The number of nitrogens with zero attached hydrogens (tertiary/aromatic N) is 2. The first-order valence-corrected chi connectivity index (χ1v) is 7.20. The number of hydrogen-bond acceptors (Lipinski definition) is 5. The molecule has 0 bridgehead atoms. The van der Waals surface area contributed by atoms with Gasteiger partial charge in [-0.25, -0.2) is 9.78 Å². The van der Waals surface area contributed by atoms with Crippen molar-refractivity contribution in [2.75, 3.05) is 0 Å². The minimum atomic E-state index is -0.549. The van der Waals surface area contributed by atoms with Crippen LogP contribution in [-0.4, -0.2) is 14.9 Å². The highest BCUT2D eigenvalue weighted by Crippen LogP contribution is 2.25. The Morgan fingerprint density at radius 2 is 2.00 bits per heavy atom. The van der Waals surface area contributed by atoms with Gasteiger partial charge in [-0.3, -0.25) is 10.1 Å². The van der Waals surface area contributed by atoms with Crippen LogP contribution >= 0.6 is 0 Å². The van der Waals surface area contributed by atoms with Crippen LogP contribution in [0.4, 0.5) is 5.69 Å². The molecule has 0 fully saturated rings. The van der Waals surface area contributed by atoms with Gasteiger partial charge in [-0.2, -0.15) is 0 Å². The lowest BCUT2D eigenvalue weighted by Gasteiger charge is -2.00. The largest absolute Gasteiger partial charge is 0.422 e. The maximum Gasteiger partial charge on any atom is 0.347 e. The van der Waals surface area contributed by atoms with Crippen LogP contribution in [0.1, 0.15) is 5.56 Å². The summed E-state index contributed by atoms with van der Waals surface area (Å²) in [6.45, 7) is 1.96. The van der Waals surface area contributed by atoms with Gasteiger partial charge in [0.25, 0.3) is 5.69 Å². The number of aryl methyl sites for hydroxylation is 1. The van der Waals surface area contributed by atoms with Crippen LogP contribution in [0.5, 0.6) is 0 Å². The van der Waals surface area contributed by atoms with Crippen molar-refractivity contribution in [3.05, 3.63) is 68.6 Å². The fourth-order valence-corrected chi connectivity index (χ4v) is 2.64. The third kappa shape index (κ3) is 2.23. The van der Waals surface area contributed by atoms with Crippen LogP contribution in [0.3, 0.4) is 0 Å². The number of aromatic nitrogens is 2. The quantitative estimate of drug-likeness (QED) is 0.345.